The minimum Gasteiger partial charge on any atom is -0.378 e. The molecule has 0 saturated carbocycles. The fraction of sp³-hybridized carbons (Fsp3) is 0.294. The van der Waals surface area contributed by atoms with Crippen molar-refractivity contribution in [1.82, 2.24) is 24.7 Å². The zero-order chi connectivity index (χ0) is 16.5. The summed E-state index contributed by atoms with van der Waals surface area (Å²) < 4.78 is 6.97. The highest BCUT2D eigenvalue weighted by atomic mass is 16.5. The smallest absolute Gasteiger partial charge is 0.276 e. The molecule has 122 valence electrons. The number of benzene rings is 1. The fourth-order valence-corrected chi connectivity index (χ4v) is 2.89. The molecule has 0 aliphatic carbocycles. The normalized spacial score (nSPS) is 15.0. The number of ether oxygens (including phenoxy) is 1. The van der Waals surface area contributed by atoms with Gasteiger partial charge in [-0.05, 0) is 12.5 Å². The van der Waals surface area contributed by atoms with Gasteiger partial charge in [-0.25, -0.2) is 4.52 Å². The van der Waals surface area contributed by atoms with Crippen LogP contribution in [0.2, 0.25) is 0 Å². The van der Waals surface area contributed by atoms with Crippen LogP contribution in [0.25, 0.3) is 16.8 Å². The number of fused-ring (bicyclic) bond motifs is 1. The maximum absolute atomic E-state index is 12.7. The molecular formula is C17H17N5O2. The van der Waals surface area contributed by atoms with Crippen LogP contribution in [0.3, 0.4) is 0 Å². The van der Waals surface area contributed by atoms with Crippen molar-refractivity contribution in [2.75, 3.05) is 26.3 Å². The van der Waals surface area contributed by atoms with E-state index in [1.54, 1.807) is 15.6 Å². The first-order valence-electron chi connectivity index (χ1n) is 7.89. The van der Waals surface area contributed by atoms with Gasteiger partial charge < -0.3 is 9.64 Å². The lowest BCUT2D eigenvalue weighted by Crippen LogP contribution is -2.41. The van der Waals surface area contributed by atoms with Gasteiger partial charge in [0.2, 0.25) is 0 Å². The second-order valence-electron chi connectivity index (χ2n) is 5.70. The topological polar surface area (TPSA) is 72.6 Å². The molecule has 0 N–H and O–H groups in total. The van der Waals surface area contributed by atoms with Crippen LogP contribution in [0.15, 0.2) is 36.5 Å². The number of nitrogens with zero attached hydrogens (tertiary/aromatic N) is 5. The molecule has 0 radical (unpaired) electrons. The Balaban J connectivity index is 1.75. The van der Waals surface area contributed by atoms with Gasteiger partial charge in [-0.3, -0.25) is 4.79 Å². The van der Waals surface area contributed by atoms with Gasteiger partial charge in [0.15, 0.2) is 11.3 Å². The molecule has 1 aliphatic heterocycles. The molecule has 4 rings (SSSR count). The van der Waals surface area contributed by atoms with Crippen LogP contribution < -0.4 is 0 Å². The Morgan fingerprint density at radius 1 is 1.12 bits per heavy atom. The van der Waals surface area contributed by atoms with Crippen LogP contribution in [-0.4, -0.2) is 56.9 Å². The Labute approximate surface area is 138 Å². The molecule has 1 saturated heterocycles. The summed E-state index contributed by atoms with van der Waals surface area (Å²) in [6.45, 7) is 4.11. The van der Waals surface area contributed by atoms with E-state index < -0.39 is 0 Å². The molecule has 3 heterocycles. The van der Waals surface area contributed by atoms with Crippen LogP contribution in [0.4, 0.5) is 0 Å². The number of carbonyl (C=O) groups is 1. The minimum absolute atomic E-state index is 0.123. The van der Waals surface area contributed by atoms with Gasteiger partial charge in [-0.15, -0.1) is 10.2 Å². The summed E-state index contributed by atoms with van der Waals surface area (Å²) in [4.78, 5) is 14.4. The van der Waals surface area contributed by atoms with E-state index in [4.69, 9.17) is 4.74 Å². The van der Waals surface area contributed by atoms with Crippen molar-refractivity contribution in [2.24, 2.45) is 0 Å². The second-order valence-corrected chi connectivity index (χ2v) is 5.70. The molecule has 0 unspecified atom stereocenters. The number of aryl methyl sites for hydroxylation is 1. The maximum Gasteiger partial charge on any atom is 0.276 e. The standard InChI is InChI=1S/C17H17N5O2/c1-12-15(17(23)21-7-9-24-10-8-21)19-20-16-14(11-18-22(12)16)13-5-3-2-4-6-13/h2-6,11H,7-10H2,1H3. The highest BCUT2D eigenvalue weighted by Crippen LogP contribution is 2.23. The largest absolute Gasteiger partial charge is 0.378 e. The summed E-state index contributed by atoms with van der Waals surface area (Å²) in [5.74, 6) is -0.123. The molecule has 1 amide bonds. The van der Waals surface area contributed by atoms with E-state index in [1.807, 2.05) is 37.3 Å². The second kappa shape index (κ2) is 6.01. The van der Waals surface area contributed by atoms with Crippen LogP contribution >= 0.6 is 0 Å². The summed E-state index contributed by atoms with van der Waals surface area (Å²) in [5.41, 5.74) is 3.60. The van der Waals surface area contributed by atoms with Crippen molar-refractivity contribution in [1.29, 1.82) is 0 Å². The van der Waals surface area contributed by atoms with Crippen molar-refractivity contribution in [3.8, 4) is 11.1 Å². The number of rotatable bonds is 2. The van der Waals surface area contributed by atoms with Crippen LogP contribution in [0, 0.1) is 6.92 Å². The zero-order valence-electron chi connectivity index (χ0n) is 13.3. The highest BCUT2D eigenvalue weighted by molar-refractivity contribution is 5.93. The predicted molar refractivity (Wildman–Crippen MR) is 87.7 cm³/mol. The van der Waals surface area contributed by atoms with Crippen molar-refractivity contribution in [3.05, 3.63) is 47.9 Å². The first kappa shape index (κ1) is 14.8. The molecule has 3 aromatic rings. The lowest BCUT2D eigenvalue weighted by molar-refractivity contribution is 0.0297. The molecule has 2 aromatic heterocycles. The number of amides is 1. The number of carbonyl (C=O) groups excluding carboxylic acids is 1. The van der Waals surface area contributed by atoms with Gasteiger partial charge in [0.05, 0.1) is 25.1 Å². The predicted octanol–water partition coefficient (Wildman–Crippen LogP) is 1.57. The molecule has 1 aromatic carbocycles. The molecule has 1 aliphatic rings. The van der Waals surface area contributed by atoms with E-state index in [9.17, 15) is 4.79 Å². The molecule has 0 spiro atoms. The average molecular weight is 323 g/mol. The van der Waals surface area contributed by atoms with Crippen molar-refractivity contribution >= 4 is 11.6 Å². The molecule has 1 fully saturated rings. The molecule has 24 heavy (non-hydrogen) atoms. The van der Waals surface area contributed by atoms with E-state index in [2.05, 4.69) is 15.3 Å². The molecule has 0 bridgehead atoms. The number of aromatic nitrogens is 4. The van der Waals surface area contributed by atoms with Gasteiger partial charge in [-0.1, -0.05) is 30.3 Å². The van der Waals surface area contributed by atoms with E-state index >= 15 is 0 Å². The van der Waals surface area contributed by atoms with Crippen molar-refractivity contribution in [3.63, 3.8) is 0 Å². The third-order valence-electron chi connectivity index (χ3n) is 4.23. The first-order valence-corrected chi connectivity index (χ1v) is 7.89. The van der Waals surface area contributed by atoms with Crippen molar-refractivity contribution < 1.29 is 9.53 Å². The Hall–Kier alpha value is -2.80. The van der Waals surface area contributed by atoms with Gasteiger partial charge in [-0.2, -0.15) is 5.10 Å². The summed E-state index contributed by atoms with van der Waals surface area (Å²) in [6.07, 6.45) is 1.76. The van der Waals surface area contributed by atoms with Gasteiger partial charge in [0.25, 0.3) is 5.91 Å². The summed E-state index contributed by atoms with van der Waals surface area (Å²) in [7, 11) is 0. The molecular weight excluding hydrogens is 306 g/mol. The van der Waals surface area contributed by atoms with E-state index in [1.165, 1.54) is 0 Å². The zero-order valence-corrected chi connectivity index (χ0v) is 13.3. The van der Waals surface area contributed by atoms with Gasteiger partial charge >= 0.3 is 0 Å². The Kier molecular flexibility index (Phi) is 3.70. The minimum atomic E-state index is -0.123. The van der Waals surface area contributed by atoms with Crippen molar-refractivity contribution in [2.45, 2.75) is 6.92 Å². The monoisotopic (exact) mass is 323 g/mol. The maximum atomic E-state index is 12.7. The fourth-order valence-electron chi connectivity index (χ4n) is 2.89. The van der Waals surface area contributed by atoms with Crippen LogP contribution in [0.1, 0.15) is 16.2 Å². The Morgan fingerprint density at radius 2 is 1.88 bits per heavy atom. The first-order chi connectivity index (χ1) is 11.8. The number of morpholine rings is 1. The van der Waals surface area contributed by atoms with E-state index in [0.717, 1.165) is 11.1 Å². The lowest BCUT2D eigenvalue weighted by atomic mass is 10.1. The number of hydrogen-bond acceptors (Lipinski definition) is 5. The molecule has 0 atom stereocenters. The lowest BCUT2D eigenvalue weighted by Gasteiger charge is -2.26. The summed E-state index contributed by atoms with van der Waals surface area (Å²) >= 11 is 0. The quantitative estimate of drug-likeness (QED) is 0.716. The van der Waals surface area contributed by atoms with Gasteiger partial charge in [0, 0.05) is 18.7 Å². The number of hydrogen-bond donors (Lipinski definition) is 0. The van der Waals surface area contributed by atoms with Crippen LogP contribution in [-0.2, 0) is 4.74 Å². The van der Waals surface area contributed by atoms with Gasteiger partial charge in [0.1, 0.15) is 0 Å². The summed E-state index contributed by atoms with van der Waals surface area (Å²) in [6, 6.07) is 9.90. The average Bonchev–Trinajstić information content (AvgIpc) is 3.08. The van der Waals surface area contributed by atoms with E-state index in [0.29, 0.717) is 43.3 Å². The summed E-state index contributed by atoms with van der Waals surface area (Å²) in [5, 5.41) is 12.9. The van der Waals surface area contributed by atoms with Crippen LogP contribution in [0.5, 0.6) is 0 Å². The molecule has 7 heteroatoms. The Morgan fingerprint density at radius 3 is 2.62 bits per heavy atom. The molecule has 7 nitrogen and oxygen atoms in total. The van der Waals surface area contributed by atoms with E-state index in [-0.39, 0.29) is 5.91 Å². The third-order valence-corrected chi connectivity index (χ3v) is 4.23. The highest BCUT2D eigenvalue weighted by Gasteiger charge is 2.24. The SMILES string of the molecule is Cc1c(C(=O)N2CCOCC2)nnc2c(-c3ccccc3)cnn12. The Bertz CT molecular complexity index is 885. The third kappa shape index (κ3) is 2.43.